The molecule has 0 saturated heterocycles. The molecular formula is C23H21N5O. The van der Waals surface area contributed by atoms with Gasteiger partial charge in [-0.15, -0.1) is 0 Å². The molecule has 0 aliphatic rings. The molecule has 29 heavy (non-hydrogen) atoms. The maximum Gasteiger partial charge on any atom is 0.251 e. The van der Waals surface area contributed by atoms with Crippen LogP contribution in [-0.2, 0) is 0 Å². The zero-order valence-corrected chi connectivity index (χ0v) is 15.8. The summed E-state index contributed by atoms with van der Waals surface area (Å²) in [5.74, 6) is 1.40. The van der Waals surface area contributed by atoms with Gasteiger partial charge in [-0.3, -0.25) is 4.79 Å². The van der Waals surface area contributed by atoms with Gasteiger partial charge in [0.15, 0.2) is 0 Å². The maximum absolute atomic E-state index is 12.3. The number of hydrogen-bond donors (Lipinski definition) is 2. The maximum atomic E-state index is 12.3. The molecule has 0 aliphatic heterocycles. The summed E-state index contributed by atoms with van der Waals surface area (Å²) in [7, 11) is 0. The second-order valence-corrected chi connectivity index (χ2v) is 6.48. The fourth-order valence-corrected chi connectivity index (χ4v) is 2.99. The summed E-state index contributed by atoms with van der Waals surface area (Å²) in [5, 5.41) is 6.13. The first-order valence-corrected chi connectivity index (χ1v) is 9.42. The Balaban J connectivity index is 1.28. The molecule has 1 amide bonds. The molecule has 0 saturated carbocycles. The Hall–Kier alpha value is -3.93. The van der Waals surface area contributed by atoms with Gasteiger partial charge in [0.1, 0.15) is 18.0 Å². The number of benzene rings is 2. The van der Waals surface area contributed by atoms with E-state index in [0.29, 0.717) is 24.5 Å². The highest BCUT2D eigenvalue weighted by molar-refractivity contribution is 5.94. The molecule has 144 valence electrons. The molecule has 2 aromatic carbocycles. The molecule has 2 heterocycles. The third-order valence-electron chi connectivity index (χ3n) is 4.49. The Morgan fingerprint density at radius 2 is 1.55 bits per heavy atom. The Morgan fingerprint density at radius 3 is 2.31 bits per heavy atom. The number of anilines is 1. The van der Waals surface area contributed by atoms with Gasteiger partial charge in [0.2, 0.25) is 0 Å². The van der Waals surface area contributed by atoms with Crippen molar-refractivity contribution in [1.29, 1.82) is 0 Å². The van der Waals surface area contributed by atoms with E-state index in [9.17, 15) is 4.79 Å². The van der Waals surface area contributed by atoms with E-state index in [1.807, 2.05) is 77.6 Å². The van der Waals surface area contributed by atoms with Crippen molar-refractivity contribution in [3.05, 3.63) is 97.1 Å². The van der Waals surface area contributed by atoms with Gasteiger partial charge < -0.3 is 15.2 Å². The predicted octanol–water partition coefficient (Wildman–Crippen LogP) is 3.78. The molecular weight excluding hydrogens is 362 g/mol. The predicted molar refractivity (Wildman–Crippen MR) is 114 cm³/mol. The van der Waals surface area contributed by atoms with Gasteiger partial charge in [-0.25, -0.2) is 9.97 Å². The zero-order valence-electron chi connectivity index (χ0n) is 15.8. The van der Waals surface area contributed by atoms with Gasteiger partial charge in [-0.1, -0.05) is 42.5 Å². The summed E-state index contributed by atoms with van der Waals surface area (Å²) in [6, 6.07) is 23.5. The lowest BCUT2D eigenvalue weighted by molar-refractivity contribution is 0.0955. The highest BCUT2D eigenvalue weighted by Crippen LogP contribution is 2.19. The van der Waals surface area contributed by atoms with Crippen molar-refractivity contribution in [2.24, 2.45) is 0 Å². The summed E-state index contributed by atoms with van der Waals surface area (Å²) in [5.41, 5.74) is 2.86. The smallest absolute Gasteiger partial charge is 0.251 e. The van der Waals surface area contributed by atoms with Crippen molar-refractivity contribution in [2.75, 3.05) is 18.4 Å². The molecule has 4 aromatic rings. The van der Waals surface area contributed by atoms with E-state index in [-0.39, 0.29) is 5.91 Å². The number of carbonyl (C=O) groups excluding carboxylic acids is 1. The first kappa shape index (κ1) is 18.4. The minimum Gasteiger partial charge on any atom is -0.368 e. The number of aromatic nitrogens is 3. The largest absolute Gasteiger partial charge is 0.368 e. The van der Waals surface area contributed by atoms with Crippen LogP contribution in [0.25, 0.3) is 16.9 Å². The monoisotopic (exact) mass is 383 g/mol. The normalized spacial score (nSPS) is 10.5. The SMILES string of the molecule is O=C(NCCNc1cc(-n2cccc2)ncn1)c1ccc(-c2ccccc2)cc1. The fourth-order valence-electron chi connectivity index (χ4n) is 2.99. The van der Waals surface area contributed by atoms with Crippen LogP contribution in [0.4, 0.5) is 5.82 Å². The van der Waals surface area contributed by atoms with E-state index in [0.717, 1.165) is 16.9 Å². The highest BCUT2D eigenvalue weighted by Gasteiger charge is 2.06. The third-order valence-corrected chi connectivity index (χ3v) is 4.49. The minimum absolute atomic E-state index is 0.0953. The molecule has 0 unspecified atom stereocenters. The second kappa shape index (κ2) is 8.84. The van der Waals surface area contributed by atoms with Crippen molar-refractivity contribution in [1.82, 2.24) is 19.9 Å². The van der Waals surface area contributed by atoms with Crippen molar-refractivity contribution in [3.8, 4) is 16.9 Å². The fraction of sp³-hybridized carbons (Fsp3) is 0.0870. The van der Waals surface area contributed by atoms with Crippen LogP contribution in [0.1, 0.15) is 10.4 Å². The van der Waals surface area contributed by atoms with E-state index in [1.165, 1.54) is 6.33 Å². The number of amides is 1. The summed E-state index contributed by atoms with van der Waals surface area (Å²) in [6.45, 7) is 1.05. The van der Waals surface area contributed by atoms with Crippen molar-refractivity contribution < 1.29 is 4.79 Å². The van der Waals surface area contributed by atoms with Gasteiger partial charge in [0.05, 0.1) is 0 Å². The van der Waals surface area contributed by atoms with Crippen LogP contribution in [0, 0.1) is 0 Å². The minimum atomic E-state index is -0.0953. The molecule has 2 aromatic heterocycles. The van der Waals surface area contributed by atoms with Crippen LogP contribution in [-0.4, -0.2) is 33.5 Å². The lowest BCUT2D eigenvalue weighted by atomic mass is 10.0. The molecule has 0 radical (unpaired) electrons. The number of hydrogen-bond acceptors (Lipinski definition) is 4. The number of nitrogens with zero attached hydrogens (tertiary/aromatic N) is 3. The molecule has 2 N–H and O–H groups in total. The number of rotatable bonds is 7. The Kier molecular flexibility index (Phi) is 5.62. The van der Waals surface area contributed by atoms with Crippen LogP contribution < -0.4 is 10.6 Å². The quantitative estimate of drug-likeness (QED) is 0.477. The average molecular weight is 383 g/mol. The molecule has 6 nitrogen and oxygen atoms in total. The van der Waals surface area contributed by atoms with E-state index >= 15 is 0 Å². The Morgan fingerprint density at radius 1 is 0.828 bits per heavy atom. The zero-order chi connectivity index (χ0) is 19.9. The van der Waals surface area contributed by atoms with Crippen LogP contribution in [0.5, 0.6) is 0 Å². The van der Waals surface area contributed by atoms with E-state index in [2.05, 4.69) is 32.7 Å². The molecule has 6 heteroatoms. The molecule has 0 atom stereocenters. The Bertz CT molecular complexity index is 1060. The summed E-state index contributed by atoms with van der Waals surface area (Å²) in [4.78, 5) is 20.8. The lowest BCUT2D eigenvalue weighted by Gasteiger charge is -2.09. The number of carbonyl (C=O) groups is 1. The van der Waals surface area contributed by atoms with Crippen molar-refractivity contribution >= 4 is 11.7 Å². The molecule has 4 rings (SSSR count). The molecule has 0 aliphatic carbocycles. The Labute approximate surface area is 169 Å². The molecule has 0 fully saturated rings. The number of nitrogens with one attached hydrogen (secondary N) is 2. The first-order chi connectivity index (χ1) is 14.3. The standard InChI is InChI=1S/C23H21N5O/c29-23(20-10-8-19(9-11-20)18-6-2-1-3-7-18)25-13-12-24-21-16-22(27-17-26-21)28-14-4-5-15-28/h1-11,14-17H,12-13H2,(H,25,29)(H,24,26,27). The van der Waals surface area contributed by atoms with Crippen molar-refractivity contribution in [3.63, 3.8) is 0 Å². The van der Waals surface area contributed by atoms with Crippen LogP contribution in [0.2, 0.25) is 0 Å². The third kappa shape index (κ3) is 4.68. The van der Waals surface area contributed by atoms with Crippen LogP contribution in [0.3, 0.4) is 0 Å². The van der Waals surface area contributed by atoms with E-state index in [1.54, 1.807) is 0 Å². The van der Waals surface area contributed by atoms with E-state index < -0.39 is 0 Å². The van der Waals surface area contributed by atoms with Gasteiger partial charge in [0.25, 0.3) is 5.91 Å². The van der Waals surface area contributed by atoms with Crippen LogP contribution in [0.15, 0.2) is 91.5 Å². The van der Waals surface area contributed by atoms with Gasteiger partial charge in [-0.05, 0) is 35.4 Å². The van der Waals surface area contributed by atoms with Gasteiger partial charge >= 0.3 is 0 Å². The molecule has 0 bridgehead atoms. The summed E-state index contributed by atoms with van der Waals surface area (Å²) < 4.78 is 1.91. The molecule has 0 spiro atoms. The van der Waals surface area contributed by atoms with Crippen molar-refractivity contribution in [2.45, 2.75) is 0 Å². The first-order valence-electron chi connectivity index (χ1n) is 9.42. The van der Waals surface area contributed by atoms with Gasteiger partial charge in [0, 0.05) is 37.1 Å². The van der Waals surface area contributed by atoms with Crippen LogP contribution >= 0.6 is 0 Å². The topological polar surface area (TPSA) is 71.8 Å². The lowest BCUT2D eigenvalue weighted by Crippen LogP contribution is -2.28. The van der Waals surface area contributed by atoms with E-state index in [4.69, 9.17) is 0 Å². The summed E-state index contributed by atoms with van der Waals surface area (Å²) in [6.07, 6.45) is 5.37. The van der Waals surface area contributed by atoms with Gasteiger partial charge in [-0.2, -0.15) is 0 Å². The highest BCUT2D eigenvalue weighted by atomic mass is 16.1. The summed E-state index contributed by atoms with van der Waals surface area (Å²) >= 11 is 0. The second-order valence-electron chi connectivity index (χ2n) is 6.48. The average Bonchev–Trinajstić information content (AvgIpc) is 3.33.